The maximum absolute atomic E-state index is 12.2. The smallest absolute Gasteiger partial charge is 0.315 e. The summed E-state index contributed by atoms with van der Waals surface area (Å²) in [6.07, 6.45) is 7.85. The van der Waals surface area contributed by atoms with Crippen LogP contribution in [0.5, 0.6) is 0 Å². The van der Waals surface area contributed by atoms with Gasteiger partial charge >= 0.3 is 6.03 Å². The predicted octanol–water partition coefficient (Wildman–Crippen LogP) is 1.89. The molecule has 1 aliphatic heterocycles. The van der Waals surface area contributed by atoms with Crippen molar-refractivity contribution in [1.82, 2.24) is 20.9 Å². The van der Waals surface area contributed by atoms with Crippen molar-refractivity contribution in [3.05, 3.63) is 0 Å². The van der Waals surface area contributed by atoms with Crippen LogP contribution in [0.3, 0.4) is 0 Å². The standard InChI is InChI=1S/C17H32N4O2.ClH/c1-2-18-12-14-8-10-21(11-9-14)16(22)13-19-17(23)20-15-6-4-3-5-7-15;/h14-15,18H,2-13H2,1H3,(H2,19,20,23);1H. The van der Waals surface area contributed by atoms with Crippen LogP contribution in [-0.2, 0) is 4.79 Å². The maximum atomic E-state index is 12.2. The summed E-state index contributed by atoms with van der Waals surface area (Å²) < 4.78 is 0. The van der Waals surface area contributed by atoms with Crippen molar-refractivity contribution in [1.29, 1.82) is 0 Å². The zero-order valence-corrected chi connectivity index (χ0v) is 15.6. The van der Waals surface area contributed by atoms with Crippen molar-refractivity contribution in [2.75, 3.05) is 32.7 Å². The zero-order valence-electron chi connectivity index (χ0n) is 14.8. The van der Waals surface area contributed by atoms with Gasteiger partial charge in [-0.3, -0.25) is 4.79 Å². The fraction of sp³-hybridized carbons (Fsp3) is 0.882. The van der Waals surface area contributed by atoms with Gasteiger partial charge in [-0.1, -0.05) is 26.2 Å². The predicted molar refractivity (Wildman–Crippen MR) is 98.5 cm³/mol. The first-order valence-electron chi connectivity index (χ1n) is 9.22. The maximum Gasteiger partial charge on any atom is 0.315 e. The molecule has 0 radical (unpaired) electrons. The van der Waals surface area contributed by atoms with E-state index in [9.17, 15) is 9.59 Å². The number of hydrogen-bond donors (Lipinski definition) is 3. The van der Waals surface area contributed by atoms with Gasteiger partial charge in [0.2, 0.25) is 5.91 Å². The first-order chi connectivity index (χ1) is 11.2. The molecule has 1 heterocycles. The van der Waals surface area contributed by atoms with Gasteiger partial charge in [-0.2, -0.15) is 0 Å². The van der Waals surface area contributed by atoms with Crippen molar-refractivity contribution < 1.29 is 9.59 Å². The molecule has 140 valence electrons. The minimum absolute atomic E-state index is 0. The lowest BCUT2D eigenvalue weighted by Crippen LogP contribution is -2.48. The number of amides is 3. The van der Waals surface area contributed by atoms with Gasteiger partial charge in [-0.05, 0) is 44.7 Å². The Labute approximate surface area is 151 Å². The fourth-order valence-electron chi connectivity index (χ4n) is 3.49. The van der Waals surface area contributed by atoms with E-state index in [2.05, 4.69) is 22.9 Å². The van der Waals surface area contributed by atoms with Gasteiger partial charge in [0, 0.05) is 19.1 Å². The number of halogens is 1. The molecule has 2 rings (SSSR count). The lowest BCUT2D eigenvalue weighted by molar-refractivity contribution is -0.131. The number of carbonyl (C=O) groups excluding carboxylic acids is 2. The van der Waals surface area contributed by atoms with Crippen LogP contribution in [0, 0.1) is 5.92 Å². The molecular formula is C17H33ClN4O2. The van der Waals surface area contributed by atoms with E-state index in [1.807, 2.05) is 4.90 Å². The molecule has 6 nitrogen and oxygen atoms in total. The van der Waals surface area contributed by atoms with Crippen LogP contribution in [0.15, 0.2) is 0 Å². The Kier molecular flexibility index (Phi) is 10.1. The average molecular weight is 361 g/mol. The zero-order chi connectivity index (χ0) is 16.5. The highest BCUT2D eigenvalue weighted by atomic mass is 35.5. The summed E-state index contributed by atoms with van der Waals surface area (Å²) in [7, 11) is 0. The molecule has 3 N–H and O–H groups in total. The summed E-state index contributed by atoms with van der Waals surface area (Å²) in [6.45, 7) is 5.88. The Balaban J connectivity index is 0.00000288. The molecular weight excluding hydrogens is 328 g/mol. The van der Waals surface area contributed by atoms with Crippen LogP contribution in [0.2, 0.25) is 0 Å². The van der Waals surface area contributed by atoms with E-state index < -0.39 is 0 Å². The number of carbonyl (C=O) groups is 2. The van der Waals surface area contributed by atoms with Crippen LogP contribution in [0.4, 0.5) is 4.79 Å². The fourth-order valence-corrected chi connectivity index (χ4v) is 3.49. The SMILES string of the molecule is CCNCC1CCN(C(=O)CNC(=O)NC2CCCCC2)CC1.Cl. The quantitative estimate of drug-likeness (QED) is 0.677. The normalized spacial score (nSPS) is 19.5. The largest absolute Gasteiger partial charge is 0.341 e. The molecule has 24 heavy (non-hydrogen) atoms. The summed E-state index contributed by atoms with van der Waals surface area (Å²) >= 11 is 0. The minimum atomic E-state index is -0.202. The van der Waals surface area contributed by atoms with E-state index in [0.717, 1.165) is 51.9 Å². The molecule has 1 saturated heterocycles. The van der Waals surface area contributed by atoms with Gasteiger partial charge in [0.25, 0.3) is 0 Å². The summed E-state index contributed by atoms with van der Waals surface area (Å²) in [5.74, 6) is 0.701. The van der Waals surface area contributed by atoms with Gasteiger partial charge in [-0.25, -0.2) is 4.79 Å². The third kappa shape index (κ3) is 7.26. The second kappa shape index (κ2) is 11.5. The second-order valence-electron chi connectivity index (χ2n) is 6.79. The molecule has 0 spiro atoms. The van der Waals surface area contributed by atoms with Gasteiger partial charge in [0.05, 0.1) is 6.54 Å². The highest BCUT2D eigenvalue weighted by Crippen LogP contribution is 2.17. The number of nitrogens with zero attached hydrogens (tertiary/aromatic N) is 1. The number of likely N-dealkylation sites (tertiary alicyclic amines) is 1. The topological polar surface area (TPSA) is 73.5 Å². The van der Waals surface area contributed by atoms with Crippen LogP contribution >= 0.6 is 12.4 Å². The molecule has 0 aromatic heterocycles. The van der Waals surface area contributed by atoms with Crippen molar-refractivity contribution >= 4 is 24.3 Å². The third-order valence-electron chi connectivity index (χ3n) is 4.99. The van der Waals surface area contributed by atoms with E-state index in [-0.39, 0.29) is 36.9 Å². The van der Waals surface area contributed by atoms with Crippen LogP contribution in [0.25, 0.3) is 0 Å². The molecule has 0 aromatic rings. The molecule has 0 bridgehead atoms. The number of rotatable bonds is 6. The first kappa shape index (κ1) is 21.0. The summed E-state index contributed by atoms with van der Waals surface area (Å²) in [4.78, 5) is 25.9. The summed E-state index contributed by atoms with van der Waals surface area (Å²) in [6, 6.07) is 0.0768. The Morgan fingerprint density at radius 3 is 2.33 bits per heavy atom. The van der Waals surface area contributed by atoms with E-state index >= 15 is 0 Å². The number of piperidine rings is 1. The van der Waals surface area contributed by atoms with Crippen molar-refractivity contribution in [3.8, 4) is 0 Å². The Morgan fingerprint density at radius 2 is 1.71 bits per heavy atom. The van der Waals surface area contributed by atoms with E-state index in [0.29, 0.717) is 5.92 Å². The van der Waals surface area contributed by atoms with Crippen LogP contribution < -0.4 is 16.0 Å². The molecule has 0 atom stereocenters. The molecule has 2 aliphatic rings. The third-order valence-corrected chi connectivity index (χ3v) is 4.99. The van der Waals surface area contributed by atoms with E-state index in [1.165, 1.54) is 19.3 Å². The summed E-state index contributed by atoms with van der Waals surface area (Å²) in [5.41, 5.74) is 0. The van der Waals surface area contributed by atoms with Crippen molar-refractivity contribution in [2.24, 2.45) is 5.92 Å². The monoisotopic (exact) mass is 360 g/mol. The van der Waals surface area contributed by atoms with Crippen LogP contribution in [-0.4, -0.2) is 55.6 Å². The Hall–Kier alpha value is -1.01. The lowest BCUT2D eigenvalue weighted by Gasteiger charge is -2.32. The highest BCUT2D eigenvalue weighted by molar-refractivity contribution is 5.85. The molecule has 3 amide bonds. The lowest BCUT2D eigenvalue weighted by atomic mass is 9.96. The number of nitrogens with one attached hydrogen (secondary N) is 3. The van der Waals surface area contributed by atoms with Crippen molar-refractivity contribution in [2.45, 2.75) is 57.9 Å². The van der Waals surface area contributed by atoms with Gasteiger partial charge < -0.3 is 20.9 Å². The molecule has 1 aliphatic carbocycles. The van der Waals surface area contributed by atoms with Gasteiger partial charge in [0.1, 0.15) is 0 Å². The molecule has 1 saturated carbocycles. The number of urea groups is 1. The summed E-state index contributed by atoms with van der Waals surface area (Å²) in [5, 5.41) is 9.07. The molecule has 2 fully saturated rings. The molecule has 7 heteroatoms. The Morgan fingerprint density at radius 1 is 1.04 bits per heavy atom. The Bertz CT molecular complexity index is 381. The highest BCUT2D eigenvalue weighted by Gasteiger charge is 2.23. The average Bonchev–Trinajstić information content (AvgIpc) is 2.59. The second-order valence-corrected chi connectivity index (χ2v) is 6.79. The van der Waals surface area contributed by atoms with Gasteiger partial charge in [-0.15, -0.1) is 12.4 Å². The van der Waals surface area contributed by atoms with Gasteiger partial charge in [0.15, 0.2) is 0 Å². The van der Waals surface area contributed by atoms with Crippen molar-refractivity contribution in [3.63, 3.8) is 0 Å². The first-order valence-corrected chi connectivity index (χ1v) is 9.22. The number of hydrogen-bond acceptors (Lipinski definition) is 3. The molecule has 0 aromatic carbocycles. The van der Waals surface area contributed by atoms with E-state index in [4.69, 9.17) is 0 Å². The van der Waals surface area contributed by atoms with E-state index in [1.54, 1.807) is 0 Å². The van der Waals surface area contributed by atoms with Crippen LogP contribution in [0.1, 0.15) is 51.9 Å². The molecule has 0 unspecified atom stereocenters. The minimum Gasteiger partial charge on any atom is -0.341 e.